The van der Waals surface area contributed by atoms with Gasteiger partial charge in [0.25, 0.3) is 0 Å². The molecule has 0 bridgehead atoms. The Kier molecular flexibility index (Phi) is 4.70. The highest BCUT2D eigenvalue weighted by Crippen LogP contribution is 2.30. The molecule has 0 radical (unpaired) electrons. The van der Waals surface area contributed by atoms with Gasteiger partial charge in [-0.25, -0.2) is 16.8 Å². The van der Waals surface area contributed by atoms with Crippen LogP contribution in [0.25, 0.3) is 0 Å². The average molecular weight is 325 g/mol. The van der Waals surface area contributed by atoms with Crippen LogP contribution in [-0.4, -0.2) is 34.7 Å². The molecule has 2 unspecified atom stereocenters. The highest BCUT2D eigenvalue weighted by Gasteiger charge is 2.23. The van der Waals surface area contributed by atoms with E-state index in [0.29, 0.717) is 5.56 Å². The summed E-state index contributed by atoms with van der Waals surface area (Å²) >= 11 is 6.00. The van der Waals surface area contributed by atoms with Crippen LogP contribution in [-0.2, 0) is 19.7 Å². The van der Waals surface area contributed by atoms with Crippen LogP contribution in [0.1, 0.15) is 25.3 Å². The number of halogens is 1. The van der Waals surface area contributed by atoms with E-state index in [4.69, 9.17) is 11.6 Å². The van der Waals surface area contributed by atoms with Crippen molar-refractivity contribution in [2.75, 3.05) is 12.5 Å². The third kappa shape index (κ3) is 3.94. The maximum Gasteiger partial charge on any atom is 0.175 e. The van der Waals surface area contributed by atoms with E-state index in [-0.39, 0.29) is 21.1 Å². The molecule has 0 spiro atoms. The third-order valence-corrected chi connectivity index (χ3v) is 5.63. The predicted molar refractivity (Wildman–Crippen MR) is 76.4 cm³/mol. The Labute approximate surface area is 119 Å². The molecule has 19 heavy (non-hydrogen) atoms. The Hall–Kier alpha value is -0.590. The Balaban J connectivity index is 3.61. The van der Waals surface area contributed by atoms with Crippen molar-refractivity contribution in [3.05, 3.63) is 23.8 Å². The van der Waals surface area contributed by atoms with Crippen molar-refractivity contribution in [1.82, 2.24) is 0 Å². The molecule has 0 aromatic heterocycles. The molecule has 1 aromatic rings. The summed E-state index contributed by atoms with van der Waals surface area (Å²) in [6.07, 6.45) is 2.10. The first-order chi connectivity index (χ1) is 8.44. The largest absolute Gasteiger partial charge is 0.224 e. The number of benzene rings is 1. The zero-order valence-electron chi connectivity index (χ0n) is 11.2. The molecule has 4 nitrogen and oxygen atoms in total. The molecule has 0 heterocycles. The first-order valence-electron chi connectivity index (χ1n) is 5.62. The fourth-order valence-electron chi connectivity index (χ4n) is 1.69. The van der Waals surface area contributed by atoms with Gasteiger partial charge in [-0.3, -0.25) is 0 Å². The smallest absolute Gasteiger partial charge is 0.175 e. The fourth-order valence-corrected chi connectivity index (χ4v) is 3.57. The maximum absolute atomic E-state index is 11.8. The van der Waals surface area contributed by atoms with Crippen molar-refractivity contribution < 1.29 is 16.8 Å². The van der Waals surface area contributed by atoms with Crippen LogP contribution in [0.5, 0.6) is 0 Å². The van der Waals surface area contributed by atoms with Crippen LogP contribution in [0.3, 0.4) is 0 Å². The van der Waals surface area contributed by atoms with E-state index < -0.39 is 19.7 Å². The second-order valence-corrected chi connectivity index (χ2v) is 9.40. The average Bonchev–Trinajstić information content (AvgIpc) is 2.24. The van der Waals surface area contributed by atoms with Gasteiger partial charge in [0.15, 0.2) is 19.7 Å². The number of hydrogen-bond donors (Lipinski definition) is 0. The zero-order chi connectivity index (χ0) is 15.0. The summed E-state index contributed by atoms with van der Waals surface area (Å²) in [5.74, 6) is -0.194. The minimum Gasteiger partial charge on any atom is -0.224 e. The number of sulfone groups is 2. The normalized spacial score (nSPS) is 16.1. The minimum absolute atomic E-state index is 0.00824. The van der Waals surface area contributed by atoms with Gasteiger partial charge >= 0.3 is 0 Å². The van der Waals surface area contributed by atoms with Crippen molar-refractivity contribution in [1.29, 1.82) is 0 Å². The summed E-state index contributed by atoms with van der Waals surface area (Å²) in [5, 5.41) is -0.260. The molecule has 0 aliphatic rings. The molecule has 0 aliphatic heterocycles. The van der Waals surface area contributed by atoms with E-state index in [1.54, 1.807) is 6.92 Å². The van der Waals surface area contributed by atoms with Crippen molar-refractivity contribution in [3.63, 3.8) is 0 Å². The molecular weight excluding hydrogens is 308 g/mol. The van der Waals surface area contributed by atoms with Gasteiger partial charge in [-0.15, -0.1) is 11.6 Å². The van der Waals surface area contributed by atoms with Gasteiger partial charge in [0.1, 0.15) is 0 Å². The lowest BCUT2D eigenvalue weighted by Crippen LogP contribution is -2.12. The highest BCUT2D eigenvalue weighted by molar-refractivity contribution is 7.91. The molecule has 7 heteroatoms. The van der Waals surface area contributed by atoms with Gasteiger partial charge in [0.2, 0.25) is 0 Å². The van der Waals surface area contributed by atoms with Crippen LogP contribution in [0, 0.1) is 0 Å². The van der Waals surface area contributed by atoms with E-state index in [2.05, 4.69) is 0 Å². The SMILES string of the molecule is CC(Cl)C(C)c1ccc(S(C)(=O)=O)cc1S(C)(=O)=O. The molecule has 0 saturated carbocycles. The lowest BCUT2D eigenvalue weighted by atomic mass is 9.98. The highest BCUT2D eigenvalue weighted by atomic mass is 35.5. The van der Waals surface area contributed by atoms with Crippen LogP contribution < -0.4 is 0 Å². The zero-order valence-corrected chi connectivity index (χ0v) is 13.6. The lowest BCUT2D eigenvalue weighted by molar-refractivity contribution is 0.596. The topological polar surface area (TPSA) is 68.3 Å². The third-order valence-electron chi connectivity index (χ3n) is 2.99. The molecule has 1 aromatic carbocycles. The lowest BCUT2D eigenvalue weighted by Gasteiger charge is -2.18. The van der Waals surface area contributed by atoms with E-state index in [1.165, 1.54) is 18.2 Å². The van der Waals surface area contributed by atoms with Gasteiger partial charge in [-0.1, -0.05) is 13.0 Å². The Morgan fingerprint density at radius 1 is 1.00 bits per heavy atom. The van der Waals surface area contributed by atoms with Gasteiger partial charge in [-0.05, 0) is 30.5 Å². The fraction of sp³-hybridized carbons (Fsp3) is 0.500. The van der Waals surface area contributed by atoms with Gasteiger partial charge < -0.3 is 0 Å². The summed E-state index contributed by atoms with van der Waals surface area (Å²) < 4.78 is 46.7. The second kappa shape index (κ2) is 5.42. The Morgan fingerprint density at radius 2 is 1.53 bits per heavy atom. The number of hydrogen-bond acceptors (Lipinski definition) is 4. The van der Waals surface area contributed by atoms with Crippen LogP contribution >= 0.6 is 11.6 Å². The summed E-state index contributed by atoms with van der Waals surface area (Å²) in [5.41, 5.74) is 0.539. The molecule has 108 valence electrons. The molecule has 1 rings (SSSR count). The van der Waals surface area contributed by atoms with E-state index in [0.717, 1.165) is 12.5 Å². The molecule has 0 aliphatic carbocycles. The molecule has 0 fully saturated rings. The minimum atomic E-state index is -3.52. The maximum atomic E-state index is 11.8. The monoisotopic (exact) mass is 324 g/mol. The molecular formula is C12H17ClO4S2. The predicted octanol–water partition coefficient (Wildman–Crippen LogP) is 2.22. The molecule has 0 saturated heterocycles. The van der Waals surface area contributed by atoms with E-state index >= 15 is 0 Å². The number of alkyl halides is 1. The van der Waals surface area contributed by atoms with Crippen molar-refractivity contribution in [3.8, 4) is 0 Å². The standard InChI is InChI=1S/C12H17ClO4S2/c1-8(9(2)13)11-6-5-10(18(3,14)15)7-12(11)19(4,16)17/h5-9H,1-4H3. The van der Waals surface area contributed by atoms with Crippen molar-refractivity contribution in [2.24, 2.45) is 0 Å². The summed E-state index contributed by atoms with van der Waals surface area (Å²) in [6.45, 7) is 3.57. The van der Waals surface area contributed by atoms with Crippen molar-refractivity contribution >= 4 is 31.3 Å². The van der Waals surface area contributed by atoms with E-state index in [9.17, 15) is 16.8 Å². The molecule has 2 atom stereocenters. The first-order valence-corrected chi connectivity index (χ1v) is 9.84. The van der Waals surface area contributed by atoms with Crippen LogP contribution in [0.2, 0.25) is 0 Å². The molecule has 0 amide bonds. The first kappa shape index (κ1) is 16.5. The van der Waals surface area contributed by atoms with Gasteiger partial charge in [0.05, 0.1) is 9.79 Å². The Bertz CT molecular complexity index is 676. The quantitative estimate of drug-likeness (QED) is 0.796. The van der Waals surface area contributed by atoms with Crippen LogP contribution in [0.15, 0.2) is 28.0 Å². The van der Waals surface area contributed by atoms with E-state index in [1.807, 2.05) is 6.92 Å². The summed E-state index contributed by atoms with van der Waals surface area (Å²) in [6, 6.07) is 4.14. The second-order valence-electron chi connectivity index (χ2n) is 4.71. The molecule has 0 N–H and O–H groups in total. The van der Waals surface area contributed by atoms with Gasteiger partial charge in [-0.2, -0.15) is 0 Å². The van der Waals surface area contributed by atoms with Crippen molar-refractivity contribution in [2.45, 2.75) is 34.9 Å². The van der Waals surface area contributed by atoms with Gasteiger partial charge in [0, 0.05) is 17.9 Å². The number of rotatable bonds is 4. The summed E-state index contributed by atoms with van der Waals surface area (Å²) in [7, 11) is -6.96. The Morgan fingerprint density at radius 3 is 1.89 bits per heavy atom. The van der Waals surface area contributed by atoms with Crippen LogP contribution in [0.4, 0.5) is 0 Å². The summed E-state index contributed by atoms with van der Waals surface area (Å²) in [4.78, 5) is 0.0153.